The molecular weight excluding hydrogens is 270 g/mol. The summed E-state index contributed by atoms with van der Waals surface area (Å²) < 4.78 is 5.52. The van der Waals surface area contributed by atoms with E-state index in [4.69, 9.17) is 0 Å². The fraction of sp³-hybridized carbons (Fsp3) is 0.250. The van der Waals surface area contributed by atoms with E-state index in [1.807, 2.05) is 25.1 Å². The van der Waals surface area contributed by atoms with E-state index in [-0.39, 0.29) is 0 Å². The number of nitrogens with one attached hydrogen (secondary N) is 1. The number of anilines is 1. The van der Waals surface area contributed by atoms with E-state index in [0.29, 0.717) is 12.1 Å². The second kappa shape index (κ2) is 5.70. The molecule has 4 heteroatoms. The van der Waals surface area contributed by atoms with Gasteiger partial charge in [0, 0.05) is 22.3 Å². The molecule has 0 saturated carbocycles. The molecule has 3 nitrogen and oxygen atoms in total. The highest BCUT2D eigenvalue weighted by molar-refractivity contribution is 9.10. The van der Waals surface area contributed by atoms with Crippen molar-refractivity contribution in [3.63, 3.8) is 0 Å². The molecule has 16 heavy (non-hydrogen) atoms. The molecule has 0 spiro atoms. The zero-order valence-corrected chi connectivity index (χ0v) is 10.9. The molecule has 1 rings (SSSR count). The molecule has 0 radical (unpaired) electrons. The Balaban J connectivity index is 2.61. The van der Waals surface area contributed by atoms with Crippen LogP contribution in [-0.2, 0) is 9.53 Å². The summed E-state index contributed by atoms with van der Waals surface area (Å²) >= 11 is 3.44. The Morgan fingerprint density at radius 3 is 2.81 bits per heavy atom. The van der Waals surface area contributed by atoms with Crippen LogP contribution in [0.15, 0.2) is 34.8 Å². The predicted molar refractivity (Wildman–Crippen MR) is 68.5 cm³/mol. The number of ether oxygens (including phenoxy) is 1. The van der Waals surface area contributed by atoms with E-state index in [0.717, 1.165) is 10.2 Å². The second-order valence-corrected chi connectivity index (χ2v) is 4.29. The maximum Gasteiger partial charge on any atom is 0.334 e. The third-order valence-corrected chi connectivity index (χ3v) is 2.75. The second-order valence-electron chi connectivity index (χ2n) is 3.43. The smallest absolute Gasteiger partial charge is 0.334 e. The SMILES string of the molecule is C=C(CNc1ccc(C)cc1Br)C(=O)OC. The zero-order chi connectivity index (χ0) is 12.1. The molecule has 0 atom stereocenters. The third-order valence-electron chi connectivity index (χ3n) is 2.09. The van der Waals surface area contributed by atoms with Crippen molar-refractivity contribution < 1.29 is 9.53 Å². The lowest BCUT2D eigenvalue weighted by Gasteiger charge is -2.09. The summed E-state index contributed by atoms with van der Waals surface area (Å²) in [7, 11) is 1.34. The molecule has 0 saturated heterocycles. The lowest BCUT2D eigenvalue weighted by molar-refractivity contribution is -0.136. The van der Waals surface area contributed by atoms with Crippen LogP contribution in [0.1, 0.15) is 5.56 Å². The number of carbonyl (C=O) groups is 1. The molecule has 0 unspecified atom stereocenters. The summed E-state index contributed by atoms with van der Waals surface area (Å²) in [5.74, 6) is -0.393. The molecule has 1 aromatic rings. The summed E-state index contributed by atoms with van der Waals surface area (Å²) in [5.41, 5.74) is 2.50. The molecule has 0 aliphatic carbocycles. The molecule has 0 aliphatic rings. The maximum atomic E-state index is 11.1. The first-order valence-corrected chi connectivity index (χ1v) is 5.60. The van der Waals surface area contributed by atoms with Gasteiger partial charge in [-0.25, -0.2) is 4.79 Å². The van der Waals surface area contributed by atoms with Gasteiger partial charge in [-0.2, -0.15) is 0 Å². The van der Waals surface area contributed by atoms with Gasteiger partial charge in [0.15, 0.2) is 0 Å². The number of carbonyl (C=O) groups excluding carboxylic acids is 1. The minimum absolute atomic E-state index is 0.369. The Kier molecular flexibility index (Phi) is 4.55. The Morgan fingerprint density at radius 1 is 1.56 bits per heavy atom. The largest absolute Gasteiger partial charge is 0.466 e. The van der Waals surface area contributed by atoms with Crippen molar-refractivity contribution in [2.24, 2.45) is 0 Å². The number of hydrogen-bond acceptors (Lipinski definition) is 3. The average Bonchev–Trinajstić information content (AvgIpc) is 2.26. The number of halogens is 1. The number of aryl methyl sites for hydroxylation is 1. The molecular formula is C12H14BrNO2. The molecule has 0 amide bonds. The molecule has 86 valence electrons. The minimum Gasteiger partial charge on any atom is -0.466 e. The van der Waals surface area contributed by atoms with Crippen LogP contribution in [0.3, 0.4) is 0 Å². The van der Waals surface area contributed by atoms with Crippen LogP contribution >= 0.6 is 15.9 Å². The van der Waals surface area contributed by atoms with Gasteiger partial charge in [-0.3, -0.25) is 0 Å². The number of esters is 1. The van der Waals surface area contributed by atoms with E-state index in [1.165, 1.54) is 12.7 Å². The first kappa shape index (κ1) is 12.8. The van der Waals surface area contributed by atoms with Gasteiger partial charge in [0.2, 0.25) is 0 Å². The molecule has 1 aromatic carbocycles. The van der Waals surface area contributed by atoms with Crippen LogP contribution < -0.4 is 5.32 Å². The van der Waals surface area contributed by atoms with Crippen molar-refractivity contribution in [2.75, 3.05) is 19.0 Å². The molecule has 1 N–H and O–H groups in total. The number of rotatable bonds is 4. The predicted octanol–water partition coefficient (Wildman–Crippen LogP) is 2.90. The Hall–Kier alpha value is -1.29. The van der Waals surface area contributed by atoms with Crippen LogP contribution in [0, 0.1) is 6.92 Å². The molecule has 0 aliphatic heterocycles. The van der Waals surface area contributed by atoms with Gasteiger partial charge in [0.05, 0.1) is 7.11 Å². The highest BCUT2D eigenvalue weighted by Crippen LogP contribution is 2.23. The van der Waals surface area contributed by atoms with E-state index in [2.05, 4.69) is 32.6 Å². The topological polar surface area (TPSA) is 38.3 Å². The maximum absolute atomic E-state index is 11.1. The van der Waals surface area contributed by atoms with Crippen LogP contribution in [0.25, 0.3) is 0 Å². The van der Waals surface area contributed by atoms with Gasteiger partial charge in [-0.05, 0) is 40.5 Å². The fourth-order valence-electron chi connectivity index (χ4n) is 1.18. The lowest BCUT2D eigenvalue weighted by atomic mass is 10.2. The standard InChI is InChI=1S/C12H14BrNO2/c1-8-4-5-11(10(13)6-8)14-7-9(2)12(15)16-3/h4-6,14H,2,7H2,1,3H3. The Labute approximate surface area is 104 Å². The monoisotopic (exact) mass is 283 g/mol. The normalized spacial score (nSPS) is 9.69. The summed E-state index contributed by atoms with van der Waals surface area (Å²) in [4.78, 5) is 11.1. The fourth-order valence-corrected chi connectivity index (χ4v) is 1.82. The number of hydrogen-bond donors (Lipinski definition) is 1. The van der Waals surface area contributed by atoms with E-state index in [1.54, 1.807) is 0 Å². The Morgan fingerprint density at radius 2 is 2.25 bits per heavy atom. The van der Waals surface area contributed by atoms with Crippen molar-refractivity contribution in [2.45, 2.75) is 6.92 Å². The minimum atomic E-state index is -0.393. The first-order chi connectivity index (χ1) is 7.54. The molecule has 0 fully saturated rings. The van der Waals surface area contributed by atoms with Crippen LogP contribution in [0.4, 0.5) is 5.69 Å². The quantitative estimate of drug-likeness (QED) is 0.682. The lowest BCUT2D eigenvalue weighted by Crippen LogP contribution is -2.13. The van der Waals surface area contributed by atoms with Crippen molar-refractivity contribution in [1.29, 1.82) is 0 Å². The summed E-state index contributed by atoms with van der Waals surface area (Å²) in [6, 6.07) is 5.95. The highest BCUT2D eigenvalue weighted by atomic mass is 79.9. The molecule has 0 aromatic heterocycles. The van der Waals surface area contributed by atoms with Crippen molar-refractivity contribution in [1.82, 2.24) is 0 Å². The van der Waals surface area contributed by atoms with Crippen molar-refractivity contribution in [3.8, 4) is 0 Å². The summed E-state index contributed by atoms with van der Waals surface area (Å²) in [6.45, 7) is 6.02. The van der Waals surface area contributed by atoms with Gasteiger partial charge in [0.25, 0.3) is 0 Å². The van der Waals surface area contributed by atoms with Gasteiger partial charge in [0.1, 0.15) is 0 Å². The Bertz CT molecular complexity index is 415. The highest BCUT2D eigenvalue weighted by Gasteiger charge is 2.06. The zero-order valence-electron chi connectivity index (χ0n) is 9.34. The van der Waals surface area contributed by atoms with E-state index in [9.17, 15) is 4.79 Å². The van der Waals surface area contributed by atoms with Gasteiger partial charge in [-0.1, -0.05) is 12.6 Å². The van der Waals surface area contributed by atoms with Gasteiger partial charge in [-0.15, -0.1) is 0 Å². The third kappa shape index (κ3) is 3.38. The molecule has 0 heterocycles. The van der Waals surface area contributed by atoms with Crippen LogP contribution in [0.5, 0.6) is 0 Å². The number of methoxy groups -OCH3 is 1. The number of benzene rings is 1. The summed E-state index contributed by atoms with van der Waals surface area (Å²) in [6.07, 6.45) is 0. The van der Waals surface area contributed by atoms with Gasteiger partial charge < -0.3 is 10.1 Å². The van der Waals surface area contributed by atoms with E-state index >= 15 is 0 Å². The van der Waals surface area contributed by atoms with Crippen molar-refractivity contribution in [3.05, 3.63) is 40.4 Å². The average molecular weight is 284 g/mol. The van der Waals surface area contributed by atoms with Crippen LogP contribution in [0.2, 0.25) is 0 Å². The first-order valence-electron chi connectivity index (χ1n) is 4.80. The van der Waals surface area contributed by atoms with Crippen molar-refractivity contribution >= 4 is 27.6 Å². The van der Waals surface area contributed by atoms with Crippen LogP contribution in [-0.4, -0.2) is 19.6 Å². The molecule has 0 bridgehead atoms. The van der Waals surface area contributed by atoms with E-state index < -0.39 is 5.97 Å². The summed E-state index contributed by atoms with van der Waals surface area (Å²) in [5, 5.41) is 3.11. The van der Waals surface area contributed by atoms with Gasteiger partial charge >= 0.3 is 5.97 Å².